The molecular formula is C18H12Cl2N7O2P3. The van der Waals surface area contributed by atoms with Crippen molar-refractivity contribution in [3.8, 4) is 34.0 Å². The Labute approximate surface area is 192 Å². The highest BCUT2D eigenvalue weighted by atomic mass is 35.9. The second-order valence-electron chi connectivity index (χ2n) is 7.14. The van der Waals surface area contributed by atoms with Crippen molar-refractivity contribution in [2.45, 2.75) is 0 Å². The average molecular weight is 522 g/mol. The molecule has 0 radical (unpaired) electrons. The van der Waals surface area contributed by atoms with Crippen molar-refractivity contribution in [1.29, 1.82) is 0 Å². The Morgan fingerprint density at radius 1 is 0.625 bits per heavy atom. The maximum absolute atomic E-state index is 6.74. The second-order valence-corrected chi connectivity index (χ2v) is 16.7. The number of hydrogen-bond donors (Lipinski definition) is 0. The summed E-state index contributed by atoms with van der Waals surface area (Å²) in [6, 6.07) is 19.1. The van der Waals surface area contributed by atoms with Crippen LogP contribution in [0.15, 0.2) is 86.6 Å². The van der Waals surface area contributed by atoms with Gasteiger partial charge in [0.05, 0.1) is 23.8 Å². The van der Waals surface area contributed by atoms with Crippen LogP contribution in [0.5, 0.6) is 11.5 Å². The Kier molecular flexibility index (Phi) is 3.85. The zero-order valence-corrected chi connectivity index (χ0v) is 20.2. The van der Waals surface area contributed by atoms with Crippen LogP contribution in [-0.4, -0.2) is 19.1 Å². The normalized spacial score (nSPS) is 25.7. The Hall–Kier alpha value is -2.27. The van der Waals surface area contributed by atoms with Crippen LogP contribution in [-0.2, 0) is 0 Å². The van der Waals surface area contributed by atoms with E-state index in [0.29, 0.717) is 11.5 Å². The lowest BCUT2D eigenvalue weighted by Crippen LogP contribution is -2.16. The summed E-state index contributed by atoms with van der Waals surface area (Å²) in [5.74, 6) is -2.00. The highest BCUT2D eigenvalue weighted by Crippen LogP contribution is 2.84. The van der Waals surface area contributed by atoms with Crippen LogP contribution < -0.4 is 9.05 Å². The quantitative estimate of drug-likeness (QED) is 0.220. The molecule has 0 aliphatic carbocycles. The zero-order chi connectivity index (χ0) is 21.6. The maximum atomic E-state index is 6.74. The van der Waals surface area contributed by atoms with Crippen molar-refractivity contribution in [2.24, 2.45) is 13.5 Å². The van der Waals surface area contributed by atoms with Crippen LogP contribution in [0.2, 0.25) is 0 Å². The van der Waals surface area contributed by atoms with Gasteiger partial charge in [-0.3, -0.25) is 0 Å². The molecule has 160 valence electrons. The number of para-hydroxylation sites is 2. The first-order chi connectivity index (χ1) is 15.5. The van der Waals surface area contributed by atoms with E-state index in [4.69, 9.17) is 36.0 Å². The summed E-state index contributed by atoms with van der Waals surface area (Å²) in [5, 5.41) is 9.02. The van der Waals surface area contributed by atoms with E-state index >= 15 is 0 Å². The van der Waals surface area contributed by atoms with Gasteiger partial charge in [0, 0.05) is 11.1 Å². The monoisotopic (exact) mass is 521 g/mol. The van der Waals surface area contributed by atoms with Gasteiger partial charge in [0.25, 0.3) is 5.91 Å². The third kappa shape index (κ3) is 2.57. The third-order valence-electron chi connectivity index (χ3n) is 5.19. The minimum Gasteiger partial charge on any atom is -0.425 e. The van der Waals surface area contributed by atoms with E-state index in [0.717, 1.165) is 22.5 Å². The minimum atomic E-state index is -3.26. The number of nitrogens with zero attached hydrogens (tertiary/aromatic N) is 7. The Morgan fingerprint density at radius 3 is 1.69 bits per heavy atom. The molecule has 0 amide bonds. The molecule has 32 heavy (non-hydrogen) atoms. The fraction of sp³-hybridized carbons (Fsp3) is 0. The van der Waals surface area contributed by atoms with Crippen LogP contribution in [0, 0.1) is 0 Å². The van der Waals surface area contributed by atoms with Crippen molar-refractivity contribution >= 4 is 43.6 Å². The highest BCUT2D eigenvalue weighted by Gasteiger charge is 2.48. The van der Waals surface area contributed by atoms with Crippen molar-refractivity contribution in [3.63, 3.8) is 0 Å². The number of rotatable bonds is 0. The van der Waals surface area contributed by atoms with Gasteiger partial charge in [-0.15, -0.1) is 4.52 Å². The predicted molar refractivity (Wildman–Crippen MR) is 127 cm³/mol. The lowest BCUT2D eigenvalue weighted by Gasteiger charge is -2.36. The number of halogens is 2. The molecule has 14 heteroatoms. The summed E-state index contributed by atoms with van der Waals surface area (Å²) in [6.07, 6.45) is 3.37. The molecule has 4 aromatic rings. The first-order valence-corrected chi connectivity index (χ1v) is 16.1. The van der Waals surface area contributed by atoms with E-state index in [9.17, 15) is 0 Å². The molecular weight excluding hydrogens is 510 g/mol. The third-order valence-corrected chi connectivity index (χ3v) is 15.6. The molecule has 0 saturated heterocycles. The molecule has 2 aromatic carbocycles. The van der Waals surface area contributed by atoms with Gasteiger partial charge in [-0.2, -0.15) is 28.1 Å². The summed E-state index contributed by atoms with van der Waals surface area (Å²) in [6.45, 7) is 0. The molecule has 2 spiro atoms. The van der Waals surface area contributed by atoms with E-state index in [-0.39, 0.29) is 0 Å². The summed E-state index contributed by atoms with van der Waals surface area (Å²) < 4.78 is 30.8. The number of benzene rings is 2. The second kappa shape index (κ2) is 6.40. The standard InChI is InChI=1S/C18H12Cl2N7O2P3/c19-30(20)23-31(26-15(9-11-21-26)13-5-1-3-7-17(13)28-31)25-32(24-30)27-16(10-12-22-27)14-6-2-4-8-18(14)29-32/h1-12H/t31-,32-/m0/s1. The van der Waals surface area contributed by atoms with Crippen molar-refractivity contribution in [1.82, 2.24) is 19.1 Å². The van der Waals surface area contributed by atoms with Gasteiger partial charge in [-0.25, -0.2) is 0 Å². The number of fused-ring (bicyclic) bond motifs is 8. The molecule has 7 rings (SSSR count). The van der Waals surface area contributed by atoms with Gasteiger partial charge < -0.3 is 9.05 Å². The molecule has 9 nitrogen and oxygen atoms in total. The fourth-order valence-corrected chi connectivity index (χ4v) is 16.1. The zero-order valence-electron chi connectivity index (χ0n) is 16.0. The van der Waals surface area contributed by atoms with Gasteiger partial charge in [0.2, 0.25) is 0 Å². The van der Waals surface area contributed by atoms with Crippen LogP contribution in [0.25, 0.3) is 22.5 Å². The predicted octanol–water partition coefficient (Wildman–Crippen LogP) is 7.92. The Bertz CT molecular complexity index is 1530. The molecule has 0 unspecified atom stereocenters. The van der Waals surface area contributed by atoms with Gasteiger partial charge in [-0.05, 0) is 58.9 Å². The van der Waals surface area contributed by atoms with Gasteiger partial charge in [0.15, 0.2) is 0 Å². The summed E-state index contributed by atoms with van der Waals surface area (Å²) in [7, 11) is -6.49. The molecule has 3 aliphatic heterocycles. The Balaban J connectivity index is 1.58. The summed E-state index contributed by atoms with van der Waals surface area (Å²) in [4.78, 5) is 0. The fourth-order valence-electron chi connectivity index (χ4n) is 3.97. The molecule has 5 heterocycles. The number of hydrogen-bond acceptors (Lipinski definition) is 7. The van der Waals surface area contributed by atoms with Crippen molar-refractivity contribution in [3.05, 3.63) is 73.1 Å². The van der Waals surface area contributed by atoms with Gasteiger partial charge >= 0.3 is 15.2 Å². The molecule has 0 N–H and O–H groups in total. The first kappa shape index (κ1) is 19.2. The van der Waals surface area contributed by atoms with Crippen LogP contribution >= 0.6 is 43.6 Å². The lowest BCUT2D eigenvalue weighted by molar-refractivity contribution is 0.562. The van der Waals surface area contributed by atoms with Crippen LogP contribution in [0.1, 0.15) is 0 Å². The largest absolute Gasteiger partial charge is 0.425 e. The van der Waals surface area contributed by atoms with Gasteiger partial charge in [0.1, 0.15) is 11.5 Å². The smallest absolute Gasteiger partial charge is 0.383 e. The average Bonchev–Trinajstić information content (AvgIpc) is 3.44. The van der Waals surface area contributed by atoms with E-state index in [1.54, 1.807) is 21.3 Å². The van der Waals surface area contributed by atoms with Gasteiger partial charge in [-0.1, -0.05) is 24.3 Å². The lowest BCUT2D eigenvalue weighted by atomic mass is 10.1. The van der Waals surface area contributed by atoms with Crippen molar-refractivity contribution < 1.29 is 9.05 Å². The number of aromatic nitrogens is 4. The van der Waals surface area contributed by atoms with Crippen molar-refractivity contribution in [2.75, 3.05) is 0 Å². The van der Waals surface area contributed by atoms with E-state index in [1.807, 2.05) is 60.7 Å². The van der Waals surface area contributed by atoms with Crippen LogP contribution in [0.3, 0.4) is 0 Å². The SMILES string of the molecule is ClP1(Cl)=N[P@@]2(=N[P@]3(=N1)Oc1ccccc1-c1ccnn13)Oc1ccccc1-c1ccnn12. The Morgan fingerprint density at radius 2 is 1.12 bits per heavy atom. The molecule has 0 fully saturated rings. The maximum Gasteiger partial charge on any atom is 0.383 e. The van der Waals surface area contributed by atoms with E-state index in [2.05, 4.69) is 19.2 Å². The minimum absolute atomic E-state index is 0.632. The highest BCUT2D eigenvalue weighted by molar-refractivity contribution is 8.13. The molecule has 3 aliphatic rings. The summed E-state index contributed by atoms with van der Waals surface area (Å²) >= 11 is 13.5. The van der Waals surface area contributed by atoms with E-state index in [1.165, 1.54) is 0 Å². The molecule has 2 aromatic heterocycles. The topological polar surface area (TPSA) is 91.2 Å². The van der Waals surface area contributed by atoms with Crippen LogP contribution in [0.4, 0.5) is 0 Å². The van der Waals surface area contributed by atoms with E-state index < -0.39 is 21.1 Å². The molecule has 2 atom stereocenters. The molecule has 0 saturated carbocycles. The first-order valence-electron chi connectivity index (χ1n) is 9.47. The summed E-state index contributed by atoms with van der Waals surface area (Å²) in [5.41, 5.74) is 3.41. The molecule has 0 bridgehead atoms.